The minimum atomic E-state index is 0.293. The third-order valence-electron chi connectivity index (χ3n) is 2.47. The van der Waals surface area contributed by atoms with Crippen LogP contribution in [0.4, 0.5) is 10.9 Å². The van der Waals surface area contributed by atoms with Crippen LogP contribution in [0, 0.1) is 11.3 Å². The molecule has 20 heavy (non-hydrogen) atoms. The van der Waals surface area contributed by atoms with Crippen molar-refractivity contribution in [3.8, 4) is 11.8 Å². The number of hydrogen-bond donors (Lipinski definition) is 2. The number of thiazole rings is 1. The Morgan fingerprint density at radius 2 is 2.45 bits per heavy atom. The number of hydrogen-bond acceptors (Lipinski definition) is 7. The lowest BCUT2D eigenvalue weighted by atomic mass is 10.1. The van der Waals surface area contributed by atoms with Gasteiger partial charge in [0.2, 0.25) is 5.13 Å². The van der Waals surface area contributed by atoms with Crippen LogP contribution in [-0.2, 0) is 6.42 Å². The molecule has 7 heteroatoms. The van der Waals surface area contributed by atoms with Crippen molar-refractivity contribution in [1.82, 2.24) is 4.98 Å². The zero-order valence-electron chi connectivity index (χ0n) is 10.8. The summed E-state index contributed by atoms with van der Waals surface area (Å²) in [4.78, 5) is 4.02. The van der Waals surface area contributed by atoms with E-state index >= 15 is 0 Å². The fourth-order valence-electron chi connectivity index (χ4n) is 1.60. The number of nitrogens with one attached hydrogen (secondary N) is 1. The molecule has 2 rings (SSSR count). The van der Waals surface area contributed by atoms with Crippen molar-refractivity contribution >= 4 is 28.5 Å². The number of nitrogens with zero attached hydrogens (tertiary/aromatic N) is 3. The third kappa shape index (κ3) is 3.46. The average Bonchev–Trinajstić information content (AvgIpc) is 2.85. The predicted octanol–water partition coefficient (Wildman–Crippen LogP) is 2.25. The molecule has 0 atom stereocenters. The van der Waals surface area contributed by atoms with Crippen LogP contribution in [0.2, 0.25) is 0 Å². The van der Waals surface area contributed by atoms with Gasteiger partial charge >= 0.3 is 0 Å². The van der Waals surface area contributed by atoms with E-state index in [2.05, 4.69) is 21.6 Å². The first kappa shape index (κ1) is 13.8. The molecule has 1 aromatic heterocycles. The molecule has 0 unspecified atom stereocenters. The molecule has 2 aromatic rings. The quantitative estimate of drug-likeness (QED) is 0.649. The minimum Gasteiger partial charge on any atom is -0.496 e. The van der Waals surface area contributed by atoms with Gasteiger partial charge in [-0.25, -0.2) is 4.98 Å². The van der Waals surface area contributed by atoms with E-state index in [1.54, 1.807) is 18.7 Å². The Morgan fingerprint density at radius 3 is 3.10 bits per heavy atom. The number of nitriles is 1. The molecule has 0 bridgehead atoms. The largest absolute Gasteiger partial charge is 0.496 e. The van der Waals surface area contributed by atoms with E-state index in [9.17, 15) is 0 Å². The predicted molar refractivity (Wildman–Crippen MR) is 80.1 cm³/mol. The maximum atomic E-state index is 8.79. The van der Waals surface area contributed by atoms with Crippen LogP contribution in [0.1, 0.15) is 11.1 Å². The number of benzene rings is 1. The number of nitrogens with two attached hydrogens (primary N) is 1. The van der Waals surface area contributed by atoms with E-state index in [1.165, 1.54) is 11.3 Å². The van der Waals surface area contributed by atoms with Crippen LogP contribution in [-0.4, -0.2) is 18.3 Å². The summed E-state index contributed by atoms with van der Waals surface area (Å²) in [5.74, 6) is 1.16. The van der Waals surface area contributed by atoms with Crippen molar-refractivity contribution in [3.63, 3.8) is 0 Å². The van der Waals surface area contributed by atoms with Crippen molar-refractivity contribution < 1.29 is 4.74 Å². The number of ether oxygens (including phenoxy) is 1. The first-order chi connectivity index (χ1) is 9.72. The standard InChI is InChI=1S/C13H13N5OS/c1-19-11-3-2-9(6-10(11)4-5-14)7-16-18-13-17-12(15)8-20-13/h2-3,6-8H,4,15H2,1H3,(H,17,18). The number of hydrazone groups is 1. The molecule has 0 aliphatic carbocycles. The van der Waals surface area contributed by atoms with E-state index in [4.69, 9.17) is 15.7 Å². The Morgan fingerprint density at radius 1 is 1.60 bits per heavy atom. The Kier molecular flexibility index (Phi) is 4.52. The number of methoxy groups -OCH3 is 1. The highest BCUT2D eigenvalue weighted by Crippen LogP contribution is 2.20. The normalized spacial score (nSPS) is 10.4. The highest BCUT2D eigenvalue weighted by molar-refractivity contribution is 7.14. The molecule has 102 valence electrons. The van der Waals surface area contributed by atoms with Crippen molar-refractivity contribution in [2.45, 2.75) is 6.42 Å². The summed E-state index contributed by atoms with van der Waals surface area (Å²) in [6, 6.07) is 7.65. The summed E-state index contributed by atoms with van der Waals surface area (Å²) < 4.78 is 5.20. The monoisotopic (exact) mass is 287 g/mol. The zero-order chi connectivity index (χ0) is 14.4. The van der Waals surface area contributed by atoms with Crippen molar-refractivity contribution in [2.75, 3.05) is 18.3 Å². The second kappa shape index (κ2) is 6.54. The highest BCUT2D eigenvalue weighted by atomic mass is 32.1. The fourth-order valence-corrected chi connectivity index (χ4v) is 2.15. The number of anilines is 2. The fraction of sp³-hybridized carbons (Fsp3) is 0.154. The summed E-state index contributed by atoms with van der Waals surface area (Å²) in [5.41, 5.74) is 10.0. The molecule has 0 fully saturated rings. The second-order valence-corrected chi connectivity index (χ2v) is 4.71. The lowest BCUT2D eigenvalue weighted by Gasteiger charge is -2.05. The molecular weight excluding hydrogens is 274 g/mol. The first-order valence-corrected chi connectivity index (χ1v) is 6.65. The smallest absolute Gasteiger partial charge is 0.205 e. The SMILES string of the molecule is COc1ccc(C=NNc2nc(N)cs2)cc1CC#N. The Bertz CT molecular complexity index is 659. The molecule has 0 radical (unpaired) electrons. The van der Waals surface area contributed by atoms with Gasteiger partial charge in [-0.05, 0) is 23.8 Å². The van der Waals surface area contributed by atoms with Gasteiger partial charge in [0, 0.05) is 10.9 Å². The van der Waals surface area contributed by atoms with Crippen LogP contribution >= 0.6 is 11.3 Å². The van der Waals surface area contributed by atoms with E-state index in [1.807, 2.05) is 18.2 Å². The molecule has 0 spiro atoms. The third-order valence-corrected chi connectivity index (χ3v) is 3.23. The summed E-state index contributed by atoms with van der Waals surface area (Å²) in [5, 5.41) is 15.2. The van der Waals surface area contributed by atoms with Crippen LogP contribution in [0.3, 0.4) is 0 Å². The van der Waals surface area contributed by atoms with E-state index in [0.717, 1.165) is 11.1 Å². The molecule has 6 nitrogen and oxygen atoms in total. The molecular formula is C13H13N5OS. The topological polar surface area (TPSA) is 96.3 Å². The summed E-state index contributed by atoms with van der Waals surface area (Å²) >= 11 is 1.38. The van der Waals surface area contributed by atoms with Gasteiger partial charge in [0.1, 0.15) is 11.6 Å². The maximum Gasteiger partial charge on any atom is 0.205 e. The summed E-state index contributed by atoms with van der Waals surface area (Å²) in [7, 11) is 1.58. The molecule has 0 aliphatic heterocycles. The second-order valence-electron chi connectivity index (χ2n) is 3.85. The highest BCUT2D eigenvalue weighted by Gasteiger charge is 2.03. The molecule has 1 heterocycles. The van der Waals surface area contributed by atoms with Gasteiger partial charge in [0.05, 0.1) is 25.8 Å². The molecule has 1 aromatic carbocycles. The molecule has 3 N–H and O–H groups in total. The van der Waals surface area contributed by atoms with E-state index in [-0.39, 0.29) is 0 Å². The summed E-state index contributed by atoms with van der Waals surface area (Å²) in [6.45, 7) is 0. The molecule has 0 aliphatic rings. The van der Waals surface area contributed by atoms with E-state index in [0.29, 0.717) is 23.1 Å². The van der Waals surface area contributed by atoms with Crippen LogP contribution in [0.5, 0.6) is 5.75 Å². The average molecular weight is 287 g/mol. The van der Waals surface area contributed by atoms with Crippen LogP contribution in [0.15, 0.2) is 28.7 Å². The van der Waals surface area contributed by atoms with Gasteiger partial charge in [-0.2, -0.15) is 10.4 Å². The number of nitrogen functional groups attached to an aromatic ring is 1. The van der Waals surface area contributed by atoms with Gasteiger partial charge in [0.25, 0.3) is 0 Å². The van der Waals surface area contributed by atoms with Crippen LogP contribution < -0.4 is 15.9 Å². The van der Waals surface area contributed by atoms with Gasteiger partial charge < -0.3 is 10.5 Å². The first-order valence-electron chi connectivity index (χ1n) is 5.77. The van der Waals surface area contributed by atoms with Gasteiger partial charge in [-0.15, -0.1) is 11.3 Å². The number of aromatic nitrogens is 1. The Balaban J connectivity index is 2.09. The Labute approximate surface area is 120 Å². The minimum absolute atomic E-state index is 0.293. The van der Waals surface area contributed by atoms with E-state index < -0.39 is 0 Å². The van der Waals surface area contributed by atoms with Crippen molar-refractivity contribution in [2.24, 2.45) is 5.10 Å². The van der Waals surface area contributed by atoms with Crippen molar-refractivity contribution in [3.05, 3.63) is 34.7 Å². The Hall–Kier alpha value is -2.59. The lowest BCUT2D eigenvalue weighted by Crippen LogP contribution is -1.95. The zero-order valence-corrected chi connectivity index (χ0v) is 11.6. The maximum absolute atomic E-state index is 8.79. The molecule has 0 amide bonds. The van der Waals surface area contributed by atoms with Crippen LogP contribution in [0.25, 0.3) is 0 Å². The van der Waals surface area contributed by atoms with Gasteiger partial charge in [-0.1, -0.05) is 0 Å². The van der Waals surface area contributed by atoms with Gasteiger partial charge in [-0.3, -0.25) is 5.43 Å². The number of rotatable bonds is 5. The van der Waals surface area contributed by atoms with Gasteiger partial charge in [0.15, 0.2) is 0 Å². The summed E-state index contributed by atoms with van der Waals surface area (Å²) in [6.07, 6.45) is 1.94. The molecule has 0 saturated heterocycles. The molecule has 0 saturated carbocycles. The van der Waals surface area contributed by atoms with Crippen molar-refractivity contribution in [1.29, 1.82) is 5.26 Å². The lowest BCUT2D eigenvalue weighted by molar-refractivity contribution is 0.411.